The van der Waals surface area contributed by atoms with Crippen molar-refractivity contribution >= 4 is 43.2 Å². The standard InChI is InChI=1S/C55H35N3/c1-3-15-36(16-4-1)37-29-31-39(32-30-37)55-57-50(38-17-5-2-6-18-38)35-51(58-55)42-21-13-19-40(33-42)41-20-14-22-43(34-41)54-53-47-26-10-8-24-45(47)44-23-7-9-25-46(44)52(53)48-27-11-12-28-49(48)56-54/h1-35H. The van der Waals surface area contributed by atoms with E-state index >= 15 is 0 Å². The highest BCUT2D eigenvalue weighted by Crippen LogP contribution is 2.43. The molecule has 0 aliphatic rings. The summed E-state index contributed by atoms with van der Waals surface area (Å²) in [5.41, 5.74) is 12.4. The minimum Gasteiger partial charge on any atom is -0.247 e. The van der Waals surface area contributed by atoms with Crippen LogP contribution in [-0.4, -0.2) is 15.0 Å². The number of aromatic nitrogens is 3. The van der Waals surface area contributed by atoms with Crippen molar-refractivity contribution in [3.63, 3.8) is 0 Å². The van der Waals surface area contributed by atoms with Gasteiger partial charge in [0.1, 0.15) is 0 Å². The molecule has 9 aromatic carbocycles. The molecule has 3 nitrogen and oxygen atoms in total. The Morgan fingerprint density at radius 1 is 0.241 bits per heavy atom. The van der Waals surface area contributed by atoms with Crippen LogP contribution in [0.5, 0.6) is 0 Å². The molecule has 0 unspecified atom stereocenters. The molecule has 270 valence electrons. The number of nitrogens with zero attached hydrogens (tertiary/aromatic N) is 3. The predicted molar refractivity (Wildman–Crippen MR) is 242 cm³/mol. The zero-order valence-electron chi connectivity index (χ0n) is 31.5. The molecule has 0 aliphatic heterocycles. The van der Waals surface area contributed by atoms with Gasteiger partial charge in [-0.2, -0.15) is 0 Å². The number of pyridine rings is 1. The van der Waals surface area contributed by atoms with Gasteiger partial charge in [0.2, 0.25) is 0 Å². The van der Waals surface area contributed by atoms with E-state index in [-0.39, 0.29) is 0 Å². The Kier molecular flexibility index (Phi) is 8.15. The SMILES string of the molecule is c1ccc(-c2ccc(-c3nc(-c4ccccc4)cc(-c4cccc(-c5cccc(-c6nc7ccccc7c7c8ccccc8c8ccccc8c67)c5)c4)n3)cc2)cc1. The Morgan fingerprint density at radius 3 is 1.36 bits per heavy atom. The summed E-state index contributed by atoms with van der Waals surface area (Å²) in [5.74, 6) is 0.692. The van der Waals surface area contributed by atoms with Crippen LogP contribution in [0.4, 0.5) is 0 Å². The summed E-state index contributed by atoms with van der Waals surface area (Å²) < 4.78 is 0. The minimum atomic E-state index is 0.692. The number of hydrogen-bond acceptors (Lipinski definition) is 3. The zero-order chi connectivity index (χ0) is 38.4. The van der Waals surface area contributed by atoms with E-state index in [1.807, 2.05) is 12.1 Å². The fourth-order valence-electron chi connectivity index (χ4n) is 8.46. The van der Waals surface area contributed by atoms with Gasteiger partial charge < -0.3 is 0 Å². The Morgan fingerprint density at radius 2 is 0.690 bits per heavy atom. The molecule has 58 heavy (non-hydrogen) atoms. The molecule has 2 aromatic heterocycles. The quantitative estimate of drug-likeness (QED) is 0.160. The molecule has 0 N–H and O–H groups in total. The monoisotopic (exact) mass is 737 g/mol. The summed E-state index contributed by atoms with van der Waals surface area (Å²) in [6, 6.07) is 75.0. The van der Waals surface area contributed by atoms with E-state index in [2.05, 4.69) is 200 Å². The van der Waals surface area contributed by atoms with Gasteiger partial charge in [-0.05, 0) is 68.1 Å². The van der Waals surface area contributed by atoms with Crippen molar-refractivity contribution in [2.24, 2.45) is 0 Å². The van der Waals surface area contributed by atoms with Gasteiger partial charge in [0.05, 0.1) is 22.6 Å². The second-order valence-corrected chi connectivity index (χ2v) is 14.8. The van der Waals surface area contributed by atoms with E-state index < -0.39 is 0 Å². The first-order valence-electron chi connectivity index (χ1n) is 19.7. The van der Waals surface area contributed by atoms with Crippen molar-refractivity contribution in [3.05, 3.63) is 212 Å². The summed E-state index contributed by atoms with van der Waals surface area (Å²) in [5, 5.41) is 8.53. The third-order valence-electron chi connectivity index (χ3n) is 11.2. The number of benzene rings is 9. The molecule has 0 spiro atoms. The number of rotatable bonds is 6. The lowest BCUT2D eigenvalue weighted by atomic mass is 9.89. The Bertz CT molecular complexity index is 3320. The van der Waals surface area contributed by atoms with Gasteiger partial charge in [-0.1, -0.05) is 188 Å². The Balaban J connectivity index is 1.05. The first-order valence-corrected chi connectivity index (χ1v) is 19.7. The average molecular weight is 738 g/mol. The second kappa shape index (κ2) is 14.1. The van der Waals surface area contributed by atoms with E-state index in [1.165, 1.54) is 43.3 Å². The molecule has 0 fully saturated rings. The smallest absolute Gasteiger partial charge is 0.160 e. The van der Waals surface area contributed by atoms with E-state index in [1.54, 1.807) is 0 Å². The van der Waals surface area contributed by atoms with Crippen LogP contribution in [0.15, 0.2) is 212 Å². The first-order chi connectivity index (χ1) is 28.7. The lowest BCUT2D eigenvalue weighted by Crippen LogP contribution is -1.96. The molecule has 0 amide bonds. The molecule has 0 radical (unpaired) electrons. The first kappa shape index (κ1) is 33.6. The van der Waals surface area contributed by atoms with Crippen molar-refractivity contribution < 1.29 is 0 Å². The van der Waals surface area contributed by atoms with Crippen LogP contribution in [0.25, 0.3) is 111 Å². The summed E-state index contributed by atoms with van der Waals surface area (Å²) in [4.78, 5) is 15.7. The summed E-state index contributed by atoms with van der Waals surface area (Å²) in [6.07, 6.45) is 0. The molecule has 0 bridgehead atoms. The summed E-state index contributed by atoms with van der Waals surface area (Å²) >= 11 is 0. The molecular weight excluding hydrogens is 703 g/mol. The largest absolute Gasteiger partial charge is 0.247 e. The van der Waals surface area contributed by atoms with E-state index in [0.29, 0.717) is 5.82 Å². The average Bonchev–Trinajstić information content (AvgIpc) is 3.31. The maximum Gasteiger partial charge on any atom is 0.160 e. The van der Waals surface area contributed by atoms with E-state index in [9.17, 15) is 0 Å². The number of fused-ring (bicyclic) bond motifs is 8. The summed E-state index contributed by atoms with van der Waals surface area (Å²) in [7, 11) is 0. The minimum absolute atomic E-state index is 0.692. The highest BCUT2D eigenvalue weighted by atomic mass is 14.9. The lowest BCUT2D eigenvalue weighted by Gasteiger charge is -2.16. The van der Waals surface area contributed by atoms with Crippen molar-refractivity contribution in [2.45, 2.75) is 0 Å². The number of para-hydroxylation sites is 1. The Hall–Kier alpha value is -7.75. The zero-order valence-corrected chi connectivity index (χ0v) is 31.5. The van der Waals surface area contributed by atoms with Gasteiger partial charge >= 0.3 is 0 Å². The van der Waals surface area contributed by atoms with Gasteiger partial charge in [-0.25, -0.2) is 15.0 Å². The molecule has 0 aliphatic carbocycles. The molecule has 3 heteroatoms. The van der Waals surface area contributed by atoms with E-state index in [0.717, 1.165) is 61.5 Å². The van der Waals surface area contributed by atoms with Crippen molar-refractivity contribution in [1.82, 2.24) is 15.0 Å². The highest BCUT2D eigenvalue weighted by Gasteiger charge is 2.18. The van der Waals surface area contributed by atoms with Crippen LogP contribution in [0.1, 0.15) is 0 Å². The van der Waals surface area contributed by atoms with Crippen LogP contribution >= 0.6 is 0 Å². The maximum atomic E-state index is 5.41. The lowest BCUT2D eigenvalue weighted by molar-refractivity contribution is 1.18. The molecular formula is C55H35N3. The predicted octanol–water partition coefficient (Wildman–Crippen LogP) is 14.5. The van der Waals surface area contributed by atoms with Crippen LogP contribution in [-0.2, 0) is 0 Å². The molecule has 0 atom stereocenters. The molecule has 0 saturated heterocycles. The fraction of sp³-hybridized carbons (Fsp3) is 0. The van der Waals surface area contributed by atoms with Crippen LogP contribution < -0.4 is 0 Å². The Labute approximate surface area is 336 Å². The van der Waals surface area contributed by atoms with Gasteiger partial charge in [0.15, 0.2) is 5.82 Å². The van der Waals surface area contributed by atoms with Crippen molar-refractivity contribution in [2.75, 3.05) is 0 Å². The third-order valence-corrected chi connectivity index (χ3v) is 11.2. The van der Waals surface area contributed by atoms with Crippen molar-refractivity contribution in [3.8, 4) is 67.4 Å². The molecule has 11 aromatic rings. The summed E-state index contributed by atoms with van der Waals surface area (Å²) in [6.45, 7) is 0. The van der Waals surface area contributed by atoms with Gasteiger partial charge in [0.25, 0.3) is 0 Å². The molecule has 11 rings (SSSR count). The molecule has 0 saturated carbocycles. The van der Waals surface area contributed by atoms with Crippen LogP contribution in [0, 0.1) is 0 Å². The van der Waals surface area contributed by atoms with Crippen molar-refractivity contribution in [1.29, 1.82) is 0 Å². The van der Waals surface area contributed by atoms with Gasteiger partial charge in [-0.3, -0.25) is 0 Å². The van der Waals surface area contributed by atoms with Gasteiger partial charge in [0, 0.05) is 38.4 Å². The maximum absolute atomic E-state index is 5.41. The van der Waals surface area contributed by atoms with E-state index in [4.69, 9.17) is 15.0 Å². The van der Waals surface area contributed by atoms with Crippen LogP contribution in [0.3, 0.4) is 0 Å². The normalized spacial score (nSPS) is 11.4. The van der Waals surface area contributed by atoms with Crippen LogP contribution in [0.2, 0.25) is 0 Å². The highest BCUT2D eigenvalue weighted by molar-refractivity contribution is 6.33. The fourth-order valence-corrected chi connectivity index (χ4v) is 8.46. The topological polar surface area (TPSA) is 38.7 Å². The third kappa shape index (κ3) is 5.89. The van der Waals surface area contributed by atoms with Gasteiger partial charge in [-0.15, -0.1) is 0 Å². The second-order valence-electron chi connectivity index (χ2n) is 14.8. The number of hydrogen-bond donors (Lipinski definition) is 0. The molecule has 2 heterocycles.